The lowest BCUT2D eigenvalue weighted by molar-refractivity contribution is -0.132. The molecule has 0 spiro atoms. The smallest absolute Gasteiger partial charge is 0.222 e. The number of rotatable bonds is 6. The van der Waals surface area contributed by atoms with E-state index in [9.17, 15) is 13.2 Å². The second-order valence-corrected chi connectivity index (χ2v) is 8.48. The number of carbonyl (C=O) groups excluding carboxylic acids is 1. The van der Waals surface area contributed by atoms with Crippen molar-refractivity contribution in [3.63, 3.8) is 0 Å². The van der Waals surface area contributed by atoms with E-state index in [1.54, 1.807) is 4.90 Å². The van der Waals surface area contributed by atoms with E-state index in [2.05, 4.69) is 0 Å². The minimum absolute atomic E-state index is 0.00972. The van der Waals surface area contributed by atoms with Crippen molar-refractivity contribution in [2.45, 2.75) is 18.6 Å². The molecule has 1 aliphatic heterocycles. The van der Waals surface area contributed by atoms with Crippen LogP contribution in [0.15, 0.2) is 60.7 Å². The van der Waals surface area contributed by atoms with Crippen LogP contribution in [0.4, 0.5) is 0 Å². The highest BCUT2D eigenvalue weighted by atomic mass is 32.2. The summed E-state index contributed by atoms with van der Waals surface area (Å²) >= 11 is 0. The molecule has 1 fully saturated rings. The Morgan fingerprint density at radius 1 is 0.808 bits per heavy atom. The lowest BCUT2D eigenvalue weighted by Gasteiger charge is -2.34. The predicted molar refractivity (Wildman–Crippen MR) is 102 cm³/mol. The van der Waals surface area contributed by atoms with Crippen LogP contribution in [-0.2, 0) is 27.0 Å². The van der Waals surface area contributed by atoms with Gasteiger partial charge in [0.05, 0.1) is 5.75 Å². The van der Waals surface area contributed by atoms with Crippen LogP contribution in [0.5, 0.6) is 0 Å². The summed E-state index contributed by atoms with van der Waals surface area (Å²) in [5.74, 6) is 0.101. The summed E-state index contributed by atoms with van der Waals surface area (Å²) < 4.78 is 26.6. The Balaban J connectivity index is 1.49. The van der Waals surface area contributed by atoms with E-state index in [-0.39, 0.29) is 11.7 Å². The average Bonchev–Trinajstić information content (AvgIpc) is 2.67. The van der Waals surface area contributed by atoms with Gasteiger partial charge in [0.15, 0.2) is 0 Å². The van der Waals surface area contributed by atoms with Gasteiger partial charge in [0.2, 0.25) is 15.9 Å². The highest BCUT2D eigenvalue weighted by Gasteiger charge is 2.28. The first kappa shape index (κ1) is 18.6. The van der Waals surface area contributed by atoms with E-state index in [4.69, 9.17) is 0 Å². The summed E-state index contributed by atoms with van der Waals surface area (Å²) in [7, 11) is -3.35. The first-order valence-electron chi connectivity index (χ1n) is 8.88. The van der Waals surface area contributed by atoms with E-state index in [0.29, 0.717) is 39.0 Å². The Morgan fingerprint density at radius 3 is 1.92 bits per heavy atom. The molecule has 3 rings (SSSR count). The molecule has 0 saturated carbocycles. The van der Waals surface area contributed by atoms with Crippen LogP contribution < -0.4 is 0 Å². The fraction of sp³-hybridized carbons (Fsp3) is 0.350. The Kier molecular flexibility index (Phi) is 6.06. The topological polar surface area (TPSA) is 57.7 Å². The molecule has 26 heavy (non-hydrogen) atoms. The molecule has 0 aromatic heterocycles. The third-order valence-corrected chi connectivity index (χ3v) is 6.50. The molecule has 1 aliphatic rings. The summed E-state index contributed by atoms with van der Waals surface area (Å²) in [6.45, 7) is 1.65. The zero-order valence-corrected chi connectivity index (χ0v) is 15.6. The summed E-state index contributed by atoms with van der Waals surface area (Å²) in [5.41, 5.74) is 1.93. The van der Waals surface area contributed by atoms with Crippen molar-refractivity contribution in [3.8, 4) is 0 Å². The van der Waals surface area contributed by atoms with Gasteiger partial charge in [-0.1, -0.05) is 60.7 Å². The van der Waals surface area contributed by atoms with Crippen LogP contribution in [0.1, 0.15) is 17.5 Å². The Bertz CT molecular complexity index is 815. The molecular formula is C20H24N2O3S. The van der Waals surface area contributed by atoms with E-state index >= 15 is 0 Å². The summed E-state index contributed by atoms with van der Waals surface area (Å²) in [4.78, 5) is 14.2. The molecule has 138 valence electrons. The van der Waals surface area contributed by atoms with Gasteiger partial charge in [-0.05, 0) is 17.5 Å². The number of hydrogen-bond acceptors (Lipinski definition) is 3. The molecule has 5 nitrogen and oxygen atoms in total. The Hall–Kier alpha value is -2.18. The number of sulfonamides is 1. The molecule has 1 heterocycles. The van der Waals surface area contributed by atoms with Crippen LogP contribution >= 0.6 is 0 Å². The van der Waals surface area contributed by atoms with Crippen LogP contribution in [0.2, 0.25) is 0 Å². The standard InChI is InChI=1S/C20H24N2O3S/c23-20(12-11-18-7-3-1-4-8-18)21-13-15-22(16-14-21)26(24,25)17-19-9-5-2-6-10-19/h1-10H,11-17H2. The maximum Gasteiger partial charge on any atom is 0.222 e. The first-order valence-corrected chi connectivity index (χ1v) is 10.5. The average molecular weight is 372 g/mol. The summed E-state index contributed by atoms with van der Waals surface area (Å²) in [5, 5.41) is 0. The fourth-order valence-electron chi connectivity index (χ4n) is 3.15. The minimum Gasteiger partial charge on any atom is -0.340 e. The maximum atomic E-state index is 12.6. The molecule has 0 aliphatic carbocycles. The van der Waals surface area contributed by atoms with Crippen molar-refractivity contribution in [1.29, 1.82) is 0 Å². The summed E-state index contributed by atoms with van der Waals surface area (Å²) in [6, 6.07) is 19.1. The van der Waals surface area contributed by atoms with E-state index in [1.807, 2.05) is 60.7 Å². The maximum absolute atomic E-state index is 12.6. The molecule has 0 N–H and O–H groups in total. The molecule has 6 heteroatoms. The molecule has 2 aromatic rings. The largest absolute Gasteiger partial charge is 0.340 e. The van der Waals surface area contributed by atoms with Crippen molar-refractivity contribution in [2.24, 2.45) is 0 Å². The van der Waals surface area contributed by atoms with Crippen molar-refractivity contribution in [3.05, 3.63) is 71.8 Å². The highest BCUT2D eigenvalue weighted by Crippen LogP contribution is 2.14. The zero-order chi connectivity index (χ0) is 18.4. The van der Waals surface area contributed by atoms with Crippen LogP contribution in [0.3, 0.4) is 0 Å². The number of piperazine rings is 1. The second kappa shape index (κ2) is 8.47. The van der Waals surface area contributed by atoms with E-state index in [0.717, 1.165) is 11.1 Å². The molecular weight excluding hydrogens is 348 g/mol. The Labute approximate surface area is 155 Å². The molecule has 0 unspecified atom stereocenters. The van der Waals surface area contributed by atoms with Gasteiger partial charge in [-0.3, -0.25) is 4.79 Å². The molecule has 1 amide bonds. The molecule has 1 saturated heterocycles. The second-order valence-electron chi connectivity index (χ2n) is 6.51. The van der Waals surface area contributed by atoms with Crippen LogP contribution in [0, 0.1) is 0 Å². The molecule has 2 aromatic carbocycles. The van der Waals surface area contributed by atoms with Crippen molar-refractivity contribution in [2.75, 3.05) is 26.2 Å². The number of amides is 1. The van der Waals surface area contributed by atoms with Crippen molar-refractivity contribution in [1.82, 2.24) is 9.21 Å². The highest BCUT2D eigenvalue weighted by molar-refractivity contribution is 7.88. The van der Waals surface area contributed by atoms with Gasteiger partial charge in [0, 0.05) is 32.6 Å². The van der Waals surface area contributed by atoms with Crippen LogP contribution in [-0.4, -0.2) is 49.7 Å². The number of hydrogen-bond donors (Lipinski definition) is 0. The van der Waals surface area contributed by atoms with Gasteiger partial charge in [0.1, 0.15) is 0 Å². The van der Waals surface area contributed by atoms with Crippen molar-refractivity contribution >= 4 is 15.9 Å². The quantitative estimate of drug-likeness (QED) is 0.782. The molecule has 0 bridgehead atoms. The monoisotopic (exact) mass is 372 g/mol. The summed E-state index contributed by atoms with van der Waals surface area (Å²) in [6.07, 6.45) is 1.17. The van der Waals surface area contributed by atoms with E-state index in [1.165, 1.54) is 4.31 Å². The minimum atomic E-state index is -3.35. The number of benzene rings is 2. The van der Waals surface area contributed by atoms with Gasteiger partial charge in [0.25, 0.3) is 0 Å². The number of aryl methyl sites for hydroxylation is 1. The van der Waals surface area contributed by atoms with Gasteiger partial charge in [-0.15, -0.1) is 0 Å². The lowest BCUT2D eigenvalue weighted by atomic mass is 10.1. The molecule has 0 atom stereocenters. The van der Waals surface area contributed by atoms with Gasteiger partial charge in [-0.25, -0.2) is 8.42 Å². The molecule has 0 radical (unpaired) electrons. The zero-order valence-electron chi connectivity index (χ0n) is 14.8. The fourth-order valence-corrected chi connectivity index (χ4v) is 4.66. The van der Waals surface area contributed by atoms with E-state index < -0.39 is 10.0 Å². The number of nitrogens with zero attached hydrogens (tertiary/aromatic N) is 2. The number of carbonyl (C=O) groups is 1. The third kappa shape index (κ3) is 4.93. The lowest BCUT2D eigenvalue weighted by Crippen LogP contribution is -2.50. The SMILES string of the molecule is O=C(CCc1ccccc1)N1CCN(S(=O)(=O)Cc2ccccc2)CC1. The van der Waals surface area contributed by atoms with Gasteiger partial charge in [-0.2, -0.15) is 4.31 Å². The van der Waals surface area contributed by atoms with Gasteiger partial charge < -0.3 is 4.90 Å². The van der Waals surface area contributed by atoms with Gasteiger partial charge >= 0.3 is 0 Å². The Morgan fingerprint density at radius 2 is 1.35 bits per heavy atom. The van der Waals surface area contributed by atoms with Crippen LogP contribution in [0.25, 0.3) is 0 Å². The normalized spacial score (nSPS) is 15.8. The third-order valence-electron chi connectivity index (χ3n) is 4.65. The predicted octanol–water partition coefficient (Wildman–Crippen LogP) is 2.29. The van der Waals surface area contributed by atoms with Crippen molar-refractivity contribution < 1.29 is 13.2 Å². The first-order chi connectivity index (χ1) is 12.5.